The maximum atomic E-state index is 12.7. The number of rotatable bonds is 7. The van der Waals surface area contributed by atoms with Gasteiger partial charge in [0.25, 0.3) is 0 Å². The molecule has 3 fully saturated rings. The lowest BCUT2D eigenvalue weighted by Crippen LogP contribution is -2.49. The van der Waals surface area contributed by atoms with Gasteiger partial charge >= 0.3 is 5.97 Å². The summed E-state index contributed by atoms with van der Waals surface area (Å²) in [6.45, 7) is 8.68. The van der Waals surface area contributed by atoms with Crippen LogP contribution in [0.5, 0.6) is 0 Å². The van der Waals surface area contributed by atoms with Crippen molar-refractivity contribution in [1.29, 1.82) is 0 Å². The minimum absolute atomic E-state index is 0.137. The van der Waals surface area contributed by atoms with E-state index >= 15 is 0 Å². The second-order valence-electron chi connectivity index (χ2n) is 11.9. The number of piperidine rings is 1. The van der Waals surface area contributed by atoms with Crippen LogP contribution in [0, 0.1) is 0 Å². The quantitative estimate of drug-likeness (QED) is 0.440. The number of carboxylic acid groups (broad SMARTS) is 1. The van der Waals surface area contributed by atoms with Gasteiger partial charge in [-0.15, -0.1) is 0 Å². The lowest BCUT2D eigenvalue weighted by Gasteiger charge is -2.41. The van der Waals surface area contributed by atoms with Crippen LogP contribution in [0.15, 0.2) is 24.4 Å². The normalized spacial score (nSPS) is 21.0. The summed E-state index contributed by atoms with van der Waals surface area (Å²) < 4.78 is 13.0. The van der Waals surface area contributed by atoms with Gasteiger partial charge in [-0.25, -0.2) is 14.5 Å². The number of hydrogen-bond donors (Lipinski definition) is 1. The van der Waals surface area contributed by atoms with Crippen molar-refractivity contribution in [2.45, 2.75) is 63.8 Å². The van der Waals surface area contributed by atoms with Crippen LogP contribution in [-0.4, -0.2) is 94.4 Å². The molecule has 42 heavy (non-hydrogen) atoms. The zero-order valence-corrected chi connectivity index (χ0v) is 24.4. The third-order valence-electron chi connectivity index (χ3n) is 9.59. The Morgan fingerprint density at radius 2 is 1.88 bits per heavy atom. The first-order valence-corrected chi connectivity index (χ1v) is 15.6. The first kappa shape index (κ1) is 27.5. The summed E-state index contributed by atoms with van der Waals surface area (Å²) in [6.07, 6.45) is 10.8. The van der Waals surface area contributed by atoms with Gasteiger partial charge < -0.3 is 19.5 Å². The van der Waals surface area contributed by atoms with Gasteiger partial charge in [0, 0.05) is 49.9 Å². The molecule has 3 aliphatic heterocycles. The maximum Gasteiger partial charge on any atom is 0.354 e. The molecule has 2 saturated heterocycles. The van der Waals surface area contributed by atoms with Crippen molar-refractivity contribution in [3.63, 3.8) is 0 Å². The second-order valence-corrected chi connectivity index (χ2v) is 11.9. The monoisotopic (exact) mass is 572 g/mol. The summed E-state index contributed by atoms with van der Waals surface area (Å²) in [6, 6.07) is 4.54. The van der Waals surface area contributed by atoms with Crippen molar-refractivity contribution in [2.24, 2.45) is 0 Å². The number of anilines is 1. The van der Waals surface area contributed by atoms with Crippen LogP contribution in [0.4, 0.5) is 5.69 Å². The van der Waals surface area contributed by atoms with Crippen LogP contribution in [0.25, 0.3) is 22.3 Å². The van der Waals surface area contributed by atoms with Crippen LogP contribution in [0.3, 0.4) is 0 Å². The van der Waals surface area contributed by atoms with Gasteiger partial charge in [0.15, 0.2) is 11.3 Å². The average Bonchev–Trinajstić information content (AvgIpc) is 3.39. The largest absolute Gasteiger partial charge is 0.476 e. The van der Waals surface area contributed by atoms with Crippen molar-refractivity contribution in [2.75, 3.05) is 57.5 Å². The Hall–Kier alpha value is -3.34. The zero-order valence-electron chi connectivity index (χ0n) is 24.4. The molecule has 10 heteroatoms. The molecule has 6 heterocycles. The van der Waals surface area contributed by atoms with Crippen molar-refractivity contribution in [1.82, 2.24) is 24.6 Å². The fourth-order valence-corrected chi connectivity index (χ4v) is 7.08. The topological polar surface area (TPSA) is 106 Å². The van der Waals surface area contributed by atoms with Crippen LogP contribution in [-0.2, 0) is 15.9 Å². The van der Waals surface area contributed by atoms with Gasteiger partial charge in [0.1, 0.15) is 0 Å². The first-order chi connectivity index (χ1) is 20.6. The van der Waals surface area contributed by atoms with Crippen LogP contribution in [0.1, 0.15) is 78.8 Å². The van der Waals surface area contributed by atoms with Gasteiger partial charge in [-0.1, -0.05) is 19.4 Å². The molecule has 1 N–H and O–H groups in total. The van der Waals surface area contributed by atoms with Gasteiger partial charge in [-0.05, 0) is 56.2 Å². The van der Waals surface area contributed by atoms with Gasteiger partial charge in [0.2, 0.25) is 0 Å². The van der Waals surface area contributed by atoms with E-state index in [1.165, 1.54) is 6.42 Å². The third-order valence-corrected chi connectivity index (χ3v) is 9.59. The molecular weight excluding hydrogens is 532 g/mol. The van der Waals surface area contributed by atoms with E-state index in [1.807, 2.05) is 23.9 Å². The number of morpholine rings is 1. The highest BCUT2D eigenvalue weighted by molar-refractivity contribution is 6.01. The molecule has 0 bridgehead atoms. The molecule has 7 rings (SSSR count). The molecule has 4 aliphatic rings. The molecule has 1 aliphatic carbocycles. The minimum atomic E-state index is -0.987. The van der Waals surface area contributed by atoms with E-state index in [0.29, 0.717) is 37.2 Å². The minimum Gasteiger partial charge on any atom is -0.476 e. The number of hydrogen-bond acceptors (Lipinski definition) is 8. The van der Waals surface area contributed by atoms with E-state index in [4.69, 9.17) is 19.6 Å². The fourth-order valence-electron chi connectivity index (χ4n) is 7.08. The van der Waals surface area contributed by atoms with E-state index in [0.717, 1.165) is 111 Å². The smallest absolute Gasteiger partial charge is 0.354 e. The summed E-state index contributed by atoms with van der Waals surface area (Å²) in [4.78, 5) is 27.2. The molecule has 10 nitrogen and oxygen atoms in total. The number of pyridine rings is 2. The molecule has 0 unspecified atom stereocenters. The van der Waals surface area contributed by atoms with E-state index in [-0.39, 0.29) is 5.69 Å². The molecule has 0 amide bonds. The molecular formula is C32H40N6O4. The molecule has 3 aromatic rings. The number of aromatic carboxylic acids is 1. The highest BCUT2D eigenvalue weighted by Gasteiger charge is 2.34. The van der Waals surface area contributed by atoms with Crippen LogP contribution in [0.2, 0.25) is 0 Å². The Balaban J connectivity index is 1.35. The number of fused-ring (bicyclic) bond motifs is 1. The molecule has 0 aromatic carbocycles. The predicted octanol–water partition coefficient (Wildman–Crippen LogP) is 4.45. The van der Waals surface area contributed by atoms with E-state index < -0.39 is 5.97 Å². The Kier molecular flexibility index (Phi) is 7.68. The molecule has 0 atom stereocenters. The number of nitrogens with zero attached hydrogens (tertiary/aromatic N) is 6. The third kappa shape index (κ3) is 4.99. The summed E-state index contributed by atoms with van der Waals surface area (Å²) in [5.74, 6) is -0.626. The highest BCUT2D eigenvalue weighted by atomic mass is 16.5. The number of carboxylic acids is 1. The lowest BCUT2D eigenvalue weighted by atomic mass is 9.81. The Morgan fingerprint density at radius 1 is 1.07 bits per heavy atom. The molecule has 3 aromatic heterocycles. The SMILES string of the molecule is CCc1c(C(=O)O)nc2c(c(C3CCC3)nn2-c2ccnc(C3=CCOCC3)c2)c1N1CCC(N2CCOCC2)CC1. The first-order valence-electron chi connectivity index (χ1n) is 15.6. The molecule has 1 saturated carbocycles. The van der Waals surface area contributed by atoms with Gasteiger partial charge in [-0.2, -0.15) is 5.10 Å². The van der Waals surface area contributed by atoms with E-state index in [9.17, 15) is 9.90 Å². The standard InChI is InChI=1S/C32H40N6O4/c1-2-25-29(32(39)40)34-31-27(30(25)37-12-7-23(8-13-37)36-14-18-42-19-15-36)28(22-4-3-5-22)35-38(31)24-6-11-33-26(20-24)21-9-16-41-17-10-21/h6,9,11,20,22-23H,2-5,7-8,10,12-19H2,1H3,(H,39,40). The predicted molar refractivity (Wildman–Crippen MR) is 161 cm³/mol. The Bertz CT molecular complexity index is 1500. The summed E-state index contributed by atoms with van der Waals surface area (Å²) in [5.41, 5.74) is 6.61. The number of carbonyl (C=O) groups is 1. The second kappa shape index (κ2) is 11.7. The van der Waals surface area contributed by atoms with Crippen molar-refractivity contribution in [3.05, 3.63) is 47.1 Å². The summed E-state index contributed by atoms with van der Waals surface area (Å²) in [5, 5.41) is 16.6. The number of aromatic nitrogens is 4. The fraction of sp³-hybridized carbons (Fsp3) is 0.562. The van der Waals surface area contributed by atoms with Crippen molar-refractivity contribution in [3.8, 4) is 5.69 Å². The van der Waals surface area contributed by atoms with Gasteiger partial charge in [-0.3, -0.25) is 9.88 Å². The molecule has 222 valence electrons. The maximum absolute atomic E-state index is 12.7. The van der Waals surface area contributed by atoms with Gasteiger partial charge in [0.05, 0.1) is 54.6 Å². The molecule has 0 spiro atoms. The average molecular weight is 573 g/mol. The Labute approximate surface area is 246 Å². The van der Waals surface area contributed by atoms with E-state index in [1.54, 1.807) is 0 Å². The van der Waals surface area contributed by atoms with Crippen molar-refractivity contribution >= 4 is 28.3 Å². The summed E-state index contributed by atoms with van der Waals surface area (Å²) >= 11 is 0. The van der Waals surface area contributed by atoms with Crippen LogP contribution >= 0.6 is 0 Å². The molecule has 0 radical (unpaired) electrons. The summed E-state index contributed by atoms with van der Waals surface area (Å²) in [7, 11) is 0. The Morgan fingerprint density at radius 3 is 2.55 bits per heavy atom. The van der Waals surface area contributed by atoms with E-state index in [2.05, 4.69) is 26.9 Å². The zero-order chi connectivity index (χ0) is 28.6. The highest BCUT2D eigenvalue weighted by Crippen LogP contribution is 2.45. The van der Waals surface area contributed by atoms with Crippen molar-refractivity contribution < 1.29 is 19.4 Å². The lowest BCUT2D eigenvalue weighted by molar-refractivity contribution is 0.0115. The van der Waals surface area contributed by atoms with Crippen LogP contribution < -0.4 is 4.90 Å². The number of ether oxygens (including phenoxy) is 2.